The van der Waals surface area contributed by atoms with Crippen molar-refractivity contribution in [1.29, 1.82) is 0 Å². The molecule has 618 valence electrons. The van der Waals surface area contributed by atoms with Crippen LogP contribution in [0.25, 0.3) is 0 Å². The van der Waals surface area contributed by atoms with Crippen LogP contribution in [-0.4, -0.2) is 244 Å². The first-order chi connectivity index (χ1) is 51.5. The zero-order valence-corrected chi connectivity index (χ0v) is 61.8. The van der Waals surface area contributed by atoms with Crippen LogP contribution < -0.4 is 163 Å². The van der Waals surface area contributed by atoms with Crippen molar-refractivity contribution in [3.05, 3.63) is 0 Å². The van der Waals surface area contributed by atoms with Crippen molar-refractivity contribution < 1.29 is 53.1 Å². The highest BCUT2D eigenvalue weighted by Gasteiger charge is 2.36. The van der Waals surface area contributed by atoms with Gasteiger partial charge in [0.05, 0.1) is 6.04 Å². The number of carboxylic acid groups (broad SMARTS) is 1. The maximum absolute atomic E-state index is 14.9. The number of carboxylic acids is 1. The van der Waals surface area contributed by atoms with E-state index in [1.54, 1.807) is 0 Å². The number of nitrogens with one attached hydrogen (secondary N) is 9. The van der Waals surface area contributed by atoms with E-state index in [-0.39, 0.29) is 235 Å². The molecular formula is C60H122N38O11. The number of unbranched alkanes of at least 4 members (excludes halogenated alkanes) is 1. The number of rotatable bonds is 59. The lowest BCUT2D eigenvalue weighted by atomic mass is 10.0. The molecule has 49 nitrogen and oxygen atoms in total. The van der Waals surface area contributed by atoms with Gasteiger partial charge in [-0.1, -0.05) is 0 Å². The van der Waals surface area contributed by atoms with Gasteiger partial charge in [-0.15, -0.1) is 0 Å². The summed E-state index contributed by atoms with van der Waals surface area (Å²) in [6.07, 6.45) is -0.0336. The van der Waals surface area contributed by atoms with Crippen molar-refractivity contribution in [1.82, 2.24) is 47.9 Å². The summed E-state index contributed by atoms with van der Waals surface area (Å²) in [6, 6.07) is -14.7. The number of guanidine groups is 9. The zero-order valence-electron chi connectivity index (χ0n) is 61.8. The van der Waals surface area contributed by atoms with Gasteiger partial charge in [-0.05, 0) is 141 Å². The minimum Gasteiger partial charge on any atom is -0.480 e. The summed E-state index contributed by atoms with van der Waals surface area (Å²) in [7, 11) is 0. The van der Waals surface area contributed by atoms with E-state index in [1.807, 2.05) is 0 Å². The quantitative estimate of drug-likeness (QED) is 0.0153. The van der Waals surface area contributed by atoms with Gasteiger partial charge in [-0.25, -0.2) is 4.79 Å². The molecule has 0 aromatic carbocycles. The third-order valence-corrected chi connectivity index (χ3v) is 15.5. The number of amides is 9. The number of hydrogen-bond acceptors (Lipinski definition) is 21. The topological polar surface area (TPSA) is 931 Å². The van der Waals surface area contributed by atoms with Crippen molar-refractivity contribution in [3.63, 3.8) is 0 Å². The van der Waals surface area contributed by atoms with Crippen LogP contribution in [0.3, 0.4) is 0 Å². The van der Waals surface area contributed by atoms with E-state index < -0.39 is 120 Å². The number of aliphatic imine (C=N–C) groups is 9. The molecule has 109 heavy (non-hydrogen) atoms. The minimum atomic E-state index is -1.60. The lowest BCUT2D eigenvalue weighted by Gasteiger charge is -2.28. The minimum absolute atomic E-state index is 0.00281. The monoisotopic (exact) mass is 1550 g/mol. The lowest BCUT2D eigenvalue weighted by molar-refractivity contribution is -0.142. The molecular weight excluding hydrogens is 1430 g/mol. The average molecular weight is 1550 g/mol. The summed E-state index contributed by atoms with van der Waals surface area (Å²) in [5.74, 6) is -12.3. The molecule has 0 aliphatic heterocycles. The van der Waals surface area contributed by atoms with Gasteiger partial charge in [-0.2, -0.15) is 0 Å². The van der Waals surface area contributed by atoms with Crippen molar-refractivity contribution in [2.45, 2.75) is 195 Å². The molecule has 0 unspecified atom stereocenters. The Kier molecular flexibility index (Phi) is 50.2. The second-order valence-corrected chi connectivity index (χ2v) is 24.8. The Hall–Kier alpha value is -11.9. The Morgan fingerprint density at radius 1 is 0.220 bits per heavy atom. The molecule has 0 rings (SSSR count). The number of nitrogens with zero attached hydrogens (tertiary/aromatic N) is 9. The maximum Gasteiger partial charge on any atom is 0.326 e. The van der Waals surface area contributed by atoms with E-state index in [0.29, 0.717) is 19.3 Å². The van der Waals surface area contributed by atoms with Crippen LogP contribution in [0.4, 0.5) is 0 Å². The van der Waals surface area contributed by atoms with Crippen molar-refractivity contribution in [2.75, 3.05) is 65.4 Å². The van der Waals surface area contributed by atoms with Crippen molar-refractivity contribution >= 4 is 113 Å². The van der Waals surface area contributed by atoms with E-state index >= 15 is 0 Å². The van der Waals surface area contributed by atoms with Crippen LogP contribution in [0, 0.1) is 0 Å². The predicted octanol–water partition coefficient (Wildman–Crippen LogP) is -13.6. The third-order valence-electron chi connectivity index (χ3n) is 15.5. The SMILES string of the molecule is NCCCC[C@H](NC(=O)[C@H](CCCN=C(N)N)NC(=O)[C@H](CCCN=C(N)N)NC(=O)[C@H](CCCN=C(N)N)NC(=O)[C@H](CCCN=C(N)N)NC(=O)[C@H](CCCN=C(N)N)NC(=O)[C@H](CCCN=C(N)N)NC(=O)[C@H](CCCN=C(N)N)NC(=O)[C@H](CCCN=C(N)N)NC(=O)[C@@H](N)CCCN=C(N)N)C(=O)O. The first kappa shape index (κ1) is 97.0. The molecule has 0 aromatic rings. The van der Waals surface area contributed by atoms with Gasteiger partial charge < -0.3 is 168 Å². The number of nitrogens with two attached hydrogens (primary N) is 20. The molecule has 50 N–H and O–H groups in total. The van der Waals surface area contributed by atoms with Gasteiger partial charge in [0.2, 0.25) is 53.2 Å². The Labute approximate surface area is 631 Å². The number of hydrogen-bond donors (Lipinski definition) is 30. The lowest BCUT2D eigenvalue weighted by Crippen LogP contribution is -2.60. The van der Waals surface area contributed by atoms with Crippen LogP contribution in [0.1, 0.15) is 135 Å². The van der Waals surface area contributed by atoms with Gasteiger partial charge in [0.1, 0.15) is 54.4 Å². The van der Waals surface area contributed by atoms with E-state index in [4.69, 9.17) is 115 Å². The average Bonchev–Trinajstić information content (AvgIpc) is 0.858. The zero-order chi connectivity index (χ0) is 82.4. The van der Waals surface area contributed by atoms with Crippen LogP contribution in [0.15, 0.2) is 44.9 Å². The molecule has 0 saturated carbocycles. The molecule has 0 fully saturated rings. The molecule has 0 bridgehead atoms. The molecule has 0 radical (unpaired) electrons. The fraction of sp³-hybridized carbons (Fsp3) is 0.683. The Balaban J connectivity index is 7.97. The van der Waals surface area contributed by atoms with Crippen molar-refractivity contribution in [2.24, 2.45) is 160 Å². The van der Waals surface area contributed by atoms with Gasteiger partial charge >= 0.3 is 5.97 Å². The first-order valence-corrected chi connectivity index (χ1v) is 35.4. The van der Waals surface area contributed by atoms with E-state index in [1.165, 1.54) is 0 Å². The molecule has 0 aliphatic carbocycles. The summed E-state index contributed by atoms with van der Waals surface area (Å²) in [5.41, 5.74) is 112. The van der Waals surface area contributed by atoms with Crippen LogP contribution >= 0.6 is 0 Å². The highest BCUT2D eigenvalue weighted by atomic mass is 16.4. The maximum atomic E-state index is 14.9. The fourth-order valence-corrected chi connectivity index (χ4v) is 10.0. The van der Waals surface area contributed by atoms with Gasteiger partial charge in [0, 0.05) is 58.9 Å². The smallest absolute Gasteiger partial charge is 0.326 e. The van der Waals surface area contributed by atoms with Gasteiger partial charge in [-0.3, -0.25) is 88.1 Å². The molecule has 0 aromatic heterocycles. The van der Waals surface area contributed by atoms with Crippen LogP contribution in [0.2, 0.25) is 0 Å². The summed E-state index contributed by atoms with van der Waals surface area (Å²) >= 11 is 0. The fourth-order valence-electron chi connectivity index (χ4n) is 10.0. The number of carbonyl (C=O) groups is 10. The van der Waals surface area contributed by atoms with E-state index in [0.717, 1.165) is 0 Å². The summed E-state index contributed by atoms with van der Waals surface area (Å²) in [6.45, 7) is -0.0173. The number of aliphatic carboxylic acids is 1. The van der Waals surface area contributed by atoms with Gasteiger partial charge in [0.25, 0.3) is 0 Å². The summed E-state index contributed by atoms with van der Waals surface area (Å²) < 4.78 is 0. The molecule has 0 aliphatic rings. The van der Waals surface area contributed by atoms with Crippen LogP contribution in [0.5, 0.6) is 0 Å². The molecule has 0 saturated heterocycles. The van der Waals surface area contributed by atoms with Gasteiger partial charge in [0.15, 0.2) is 53.6 Å². The molecule has 0 spiro atoms. The first-order valence-electron chi connectivity index (χ1n) is 35.4. The normalized spacial score (nSPS) is 13.4. The Bertz CT molecular complexity index is 3110. The highest BCUT2D eigenvalue weighted by molar-refractivity contribution is 5.99. The highest BCUT2D eigenvalue weighted by Crippen LogP contribution is 2.13. The van der Waals surface area contributed by atoms with Crippen molar-refractivity contribution in [3.8, 4) is 0 Å². The molecule has 0 heterocycles. The second kappa shape index (κ2) is 56.4. The molecule has 49 heteroatoms. The predicted molar refractivity (Wildman–Crippen MR) is 415 cm³/mol. The standard InChI is InChI=1S/C60H122N38O11/c61-22-2-1-13-41(51(108)109)98-50(107)40(21-11-31-89-60(79)80)97-49(106)39(20-10-30-88-59(77)78)96-48(105)38(19-9-29-87-58(75)76)95-47(104)37(18-8-28-86-57(73)74)94-46(103)36(17-7-27-85-56(71)72)93-45(102)35(16-6-26-84-55(69)70)92-44(101)34(15-5-25-83-54(67)68)91-43(100)33(14-4-24-82-53(65)66)90-42(99)32(62)12-3-23-81-52(63)64/h32-41H,1-31,61-62H2,(H,90,99)(H,91,100)(H,92,101)(H,93,102)(H,94,103)(H,95,104)(H,96,105)(H,97,106)(H,98,107)(H,108,109)(H4,63,64,81)(H4,65,66,82)(H4,67,68,83)(H4,69,70,84)(H4,71,72,85)(H4,73,74,86)(H4,75,76,87)(H4,77,78,88)(H4,79,80,89)/t32-,33-,34-,35-,36-,37-,38-,39-,40-,41-/m0/s1. The summed E-state index contributed by atoms with van der Waals surface area (Å²) in [5, 5.41) is 33.6. The van der Waals surface area contributed by atoms with Crippen LogP contribution in [-0.2, 0) is 47.9 Å². The summed E-state index contributed by atoms with van der Waals surface area (Å²) in [4.78, 5) is 178. The molecule has 9 amide bonds. The molecule has 10 atom stereocenters. The second-order valence-electron chi connectivity index (χ2n) is 24.8. The third kappa shape index (κ3) is 48.7. The van der Waals surface area contributed by atoms with E-state index in [2.05, 4.69) is 92.8 Å². The van der Waals surface area contributed by atoms with E-state index in [9.17, 15) is 53.1 Å². The Morgan fingerprint density at radius 2 is 0.367 bits per heavy atom. The number of carbonyl (C=O) groups excluding carboxylic acids is 9. The Morgan fingerprint density at radius 3 is 0.523 bits per heavy atom. The largest absolute Gasteiger partial charge is 0.480 e.